The van der Waals surface area contributed by atoms with Crippen LogP contribution in [0.2, 0.25) is 0 Å². The Morgan fingerprint density at radius 1 is 1.12 bits per heavy atom. The number of carbonyl (C=O) groups excluding carboxylic acids is 1. The third-order valence-electron chi connectivity index (χ3n) is 3.58. The van der Waals surface area contributed by atoms with Crippen molar-refractivity contribution in [2.75, 3.05) is 29.2 Å². The van der Waals surface area contributed by atoms with Crippen molar-refractivity contribution in [1.82, 2.24) is 10.2 Å². The first kappa shape index (κ1) is 17.7. The molecule has 3 rings (SSSR count). The minimum Gasteiger partial charge on any atom is -0.497 e. The van der Waals surface area contributed by atoms with Gasteiger partial charge in [0.05, 0.1) is 7.11 Å². The van der Waals surface area contributed by atoms with E-state index in [0.29, 0.717) is 16.6 Å². The van der Waals surface area contributed by atoms with Crippen molar-refractivity contribution < 1.29 is 9.53 Å². The standard InChI is InChI=1S/C18H19N5O2S/c1-3-23(14-9-5-4-6-10-14)18-22-21-17(26-18)20-16(24)19-13-8-7-11-15(12-13)25-2/h4-12H,3H2,1-2H3,(H2,19,20,21,24). The molecular formula is C18H19N5O2S. The highest BCUT2D eigenvalue weighted by Gasteiger charge is 2.14. The number of amides is 2. The van der Waals surface area contributed by atoms with E-state index in [-0.39, 0.29) is 6.03 Å². The Morgan fingerprint density at radius 3 is 2.65 bits per heavy atom. The zero-order valence-electron chi connectivity index (χ0n) is 14.5. The first-order chi connectivity index (χ1) is 12.7. The lowest BCUT2D eigenvalue weighted by Gasteiger charge is -2.18. The average Bonchev–Trinajstić information content (AvgIpc) is 3.11. The molecule has 0 fully saturated rings. The molecule has 0 spiro atoms. The maximum atomic E-state index is 12.2. The second-order valence-corrected chi connectivity index (χ2v) is 6.24. The Labute approximate surface area is 155 Å². The SMILES string of the molecule is CCN(c1ccccc1)c1nnc(NC(=O)Nc2cccc(OC)c2)s1. The van der Waals surface area contributed by atoms with Gasteiger partial charge in [-0.1, -0.05) is 35.6 Å². The molecule has 3 aromatic rings. The molecule has 26 heavy (non-hydrogen) atoms. The van der Waals surface area contributed by atoms with Crippen LogP contribution in [0.4, 0.5) is 26.4 Å². The van der Waals surface area contributed by atoms with Gasteiger partial charge in [0.25, 0.3) is 0 Å². The smallest absolute Gasteiger partial charge is 0.325 e. The fourth-order valence-electron chi connectivity index (χ4n) is 2.37. The summed E-state index contributed by atoms with van der Waals surface area (Å²) in [4.78, 5) is 14.2. The number of nitrogens with zero attached hydrogens (tertiary/aromatic N) is 3. The average molecular weight is 369 g/mol. The summed E-state index contributed by atoms with van der Waals surface area (Å²) >= 11 is 1.31. The maximum absolute atomic E-state index is 12.2. The van der Waals surface area contributed by atoms with Gasteiger partial charge in [0.2, 0.25) is 10.3 Å². The lowest BCUT2D eigenvalue weighted by molar-refractivity contribution is 0.262. The third-order valence-corrected chi connectivity index (χ3v) is 4.44. The van der Waals surface area contributed by atoms with Crippen molar-refractivity contribution in [3.8, 4) is 5.75 Å². The summed E-state index contributed by atoms with van der Waals surface area (Å²) in [5.74, 6) is 0.669. The van der Waals surface area contributed by atoms with Crippen LogP contribution in [0.15, 0.2) is 54.6 Å². The number of rotatable bonds is 6. The van der Waals surface area contributed by atoms with Crippen LogP contribution < -0.4 is 20.3 Å². The van der Waals surface area contributed by atoms with Gasteiger partial charge in [-0.05, 0) is 31.2 Å². The number of benzene rings is 2. The van der Waals surface area contributed by atoms with E-state index < -0.39 is 0 Å². The van der Waals surface area contributed by atoms with E-state index in [1.807, 2.05) is 48.2 Å². The van der Waals surface area contributed by atoms with Gasteiger partial charge in [-0.15, -0.1) is 10.2 Å². The lowest BCUT2D eigenvalue weighted by Crippen LogP contribution is -2.19. The molecule has 0 aliphatic rings. The minimum atomic E-state index is -0.385. The van der Waals surface area contributed by atoms with Crippen LogP contribution in [-0.2, 0) is 0 Å². The van der Waals surface area contributed by atoms with Gasteiger partial charge >= 0.3 is 6.03 Å². The number of para-hydroxylation sites is 1. The molecule has 2 N–H and O–H groups in total. The number of nitrogens with one attached hydrogen (secondary N) is 2. The van der Waals surface area contributed by atoms with Crippen molar-refractivity contribution >= 4 is 39.0 Å². The fraction of sp³-hybridized carbons (Fsp3) is 0.167. The van der Waals surface area contributed by atoms with Gasteiger partial charge in [-0.25, -0.2) is 4.79 Å². The summed E-state index contributed by atoms with van der Waals surface area (Å²) in [7, 11) is 1.58. The van der Waals surface area contributed by atoms with Crippen LogP contribution in [0, 0.1) is 0 Å². The van der Waals surface area contributed by atoms with E-state index in [9.17, 15) is 4.79 Å². The Morgan fingerprint density at radius 2 is 1.92 bits per heavy atom. The number of anilines is 4. The van der Waals surface area contributed by atoms with Gasteiger partial charge in [0.1, 0.15) is 5.75 Å². The van der Waals surface area contributed by atoms with Crippen LogP contribution in [0.1, 0.15) is 6.92 Å². The molecule has 0 unspecified atom stereocenters. The zero-order chi connectivity index (χ0) is 18.4. The molecule has 0 radical (unpaired) electrons. The molecule has 0 atom stereocenters. The zero-order valence-corrected chi connectivity index (χ0v) is 15.3. The van der Waals surface area contributed by atoms with Crippen LogP contribution in [0.5, 0.6) is 5.75 Å². The molecular weight excluding hydrogens is 350 g/mol. The van der Waals surface area contributed by atoms with Gasteiger partial charge < -0.3 is 15.0 Å². The highest BCUT2D eigenvalue weighted by Crippen LogP contribution is 2.30. The highest BCUT2D eigenvalue weighted by molar-refractivity contribution is 7.19. The van der Waals surface area contributed by atoms with Crippen molar-refractivity contribution in [3.63, 3.8) is 0 Å². The van der Waals surface area contributed by atoms with Gasteiger partial charge in [-0.3, -0.25) is 5.32 Å². The van der Waals surface area contributed by atoms with E-state index in [0.717, 1.165) is 17.4 Å². The molecule has 1 aromatic heterocycles. The molecule has 8 heteroatoms. The third kappa shape index (κ3) is 4.28. The van der Waals surface area contributed by atoms with Crippen molar-refractivity contribution in [1.29, 1.82) is 0 Å². The Balaban J connectivity index is 1.66. The van der Waals surface area contributed by atoms with Gasteiger partial charge in [-0.2, -0.15) is 0 Å². The quantitative estimate of drug-likeness (QED) is 0.675. The van der Waals surface area contributed by atoms with Crippen molar-refractivity contribution in [3.05, 3.63) is 54.6 Å². The molecule has 0 bridgehead atoms. The van der Waals surface area contributed by atoms with Gasteiger partial charge in [0, 0.05) is 24.0 Å². The minimum absolute atomic E-state index is 0.385. The van der Waals surface area contributed by atoms with Crippen LogP contribution in [0.3, 0.4) is 0 Å². The highest BCUT2D eigenvalue weighted by atomic mass is 32.1. The van der Waals surface area contributed by atoms with Gasteiger partial charge in [0.15, 0.2) is 0 Å². The number of methoxy groups -OCH3 is 1. The van der Waals surface area contributed by atoms with Crippen LogP contribution >= 0.6 is 11.3 Å². The number of ether oxygens (including phenoxy) is 1. The summed E-state index contributed by atoms with van der Waals surface area (Å²) in [6.07, 6.45) is 0. The summed E-state index contributed by atoms with van der Waals surface area (Å²) in [5.41, 5.74) is 1.66. The number of aromatic nitrogens is 2. The number of urea groups is 1. The first-order valence-corrected chi connectivity index (χ1v) is 8.89. The number of hydrogen-bond acceptors (Lipinski definition) is 6. The van der Waals surface area contributed by atoms with E-state index >= 15 is 0 Å². The monoisotopic (exact) mass is 369 g/mol. The van der Waals surface area contributed by atoms with Crippen molar-refractivity contribution in [2.45, 2.75) is 6.92 Å². The number of hydrogen-bond donors (Lipinski definition) is 2. The van der Waals surface area contributed by atoms with Crippen molar-refractivity contribution in [2.24, 2.45) is 0 Å². The second-order valence-electron chi connectivity index (χ2n) is 5.28. The van der Waals surface area contributed by atoms with E-state index in [1.54, 1.807) is 25.3 Å². The summed E-state index contributed by atoms with van der Waals surface area (Å²) in [5, 5.41) is 14.8. The number of carbonyl (C=O) groups is 1. The molecule has 0 saturated heterocycles. The fourth-order valence-corrected chi connectivity index (χ4v) is 3.20. The molecule has 2 aromatic carbocycles. The van der Waals surface area contributed by atoms with E-state index in [2.05, 4.69) is 20.8 Å². The Bertz CT molecular complexity index is 869. The summed E-state index contributed by atoms with van der Waals surface area (Å²) < 4.78 is 5.14. The summed E-state index contributed by atoms with van der Waals surface area (Å²) in [6, 6.07) is 16.7. The molecule has 1 heterocycles. The molecule has 2 amide bonds. The summed E-state index contributed by atoms with van der Waals surface area (Å²) in [6.45, 7) is 2.78. The lowest BCUT2D eigenvalue weighted by atomic mass is 10.3. The van der Waals surface area contributed by atoms with Crippen LogP contribution in [0.25, 0.3) is 0 Å². The predicted molar refractivity (Wildman–Crippen MR) is 105 cm³/mol. The van der Waals surface area contributed by atoms with E-state index in [1.165, 1.54) is 11.3 Å². The Kier molecular flexibility index (Phi) is 5.65. The predicted octanol–water partition coefficient (Wildman–Crippen LogP) is 4.35. The molecule has 0 aliphatic heterocycles. The van der Waals surface area contributed by atoms with E-state index in [4.69, 9.17) is 4.74 Å². The molecule has 134 valence electrons. The topological polar surface area (TPSA) is 79.4 Å². The molecule has 0 saturated carbocycles. The second kappa shape index (κ2) is 8.30. The largest absolute Gasteiger partial charge is 0.497 e. The normalized spacial score (nSPS) is 10.2. The maximum Gasteiger partial charge on any atom is 0.325 e. The van der Waals surface area contributed by atoms with Crippen LogP contribution in [-0.4, -0.2) is 29.9 Å². The molecule has 7 nitrogen and oxygen atoms in total. The molecule has 0 aliphatic carbocycles. The Hall–Kier alpha value is -3.13. The first-order valence-electron chi connectivity index (χ1n) is 8.07.